The Hall–Kier alpha value is -11.2. The van der Waals surface area contributed by atoms with E-state index in [0.717, 1.165) is 92.8 Å². The van der Waals surface area contributed by atoms with Crippen LogP contribution in [0.3, 0.4) is 0 Å². The third-order valence-corrected chi connectivity index (χ3v) is 14.6. The summed E-state index contributed by atoms with van der Waals surface area (Å²) in [5.41, 5.74) is 12.8. The zero-order valence-corrected chi connectivity index (χ0v) is 38.9. The lowest BCUT2D eigenvalue weighted by Gasteiger charge is -2.29. The van der Waals surface area contributed by atoms with Gasteiger partial charge >= 0.3 is 0 Å². The van der Waals surface area contributed by atoms with Crippen LogP contribution in [-0.4, -0.2) is 23.3 Å². The summed E-state index contributed by atoms with van der Waals surface area (Å²) in [7, 11) is 0. The number of hydrogen-bond donors (Lipinski definition) is 0. The molecular formula is C64H32N10. The second-order valence-corrected chi connectivity index (χ2v) is 18.3. The first kappa shape index (κ1) is 41.7. The van der Waals surface area contributed by atoms with E-state index >= 15 is 0 Å². The molecule has 14 aromatic rings. The lowest BCUT2D eigenvalue weighted by molar-refractivity contribution is 1.03. The van der Waals surface area contributed by atoms with Crippen LogP contribution in [0.15, 0.2) is 194 Å². The number of aromatic nitrogens is 5. The highest BCUT2D eigenvalue weighted by Crippen LogP contribution is 2.52. The molecule has 10 heteroatoms. The first-order valence-corrected chi connectivity index (χ1v) is 23.8. The number of benzene rings is 9. The molecule has 0 aliphatic carbocycles. The maximum Gasteiger partial charge on any atom is 0.104 e. The van der Waals surface area contributed by atoms with Crippen molar-refractivity contribution in [2.45, 2.75) is 0 Å². The molecule has 338 valence electrons. The monoisotopic (exact) mass is 940 g/mol. The van der Waals surface area contributed by atoms with Crippen molar-refractivity contribution >= 4 is 87.2 Å². The molecule has 0 saturated carbocycles. The summed E-state index contributed by atoms with van der Waals surface area (Å²) < 4.78 is 8.87. The van der Waals surface area contributed by atoms with Crippen LogP contribution in [0.1, 0.15) is 27.8 Å². The van der Waals surface area contributed by atoms with Gasteiger partial charge in [0.2, 0.25) is 0 Å². The van der Waals surface area contributed by atoms with E-state index in [-0.39, 0.29) is 0 Å². The SMILES string of the molecule is N#Cc1ccc2c(c1)c1ccccc1n2-c1c(C#N)c(-n2c3ccccc3c3cc(C#N)ccc32)c(-n2c3ccccc3c3cc(C#N)ccc32)c(-n2c3ccccc3c3cc(C#N)ccc32)c1-c1ccncc1. The van der Waals surface area contributed by atoms with Gasteiger partial charge in [0.1, 0.15) is 11.6 Å². The van der Waals surface area contributed by atoms with Gasteiger partial charge in [0, 0.05) is 61.0 Å². The molecule has 0 aliphatic rings. The Kier molecular flexibility index (Phi) is 8.97. The molecule has 0 bridgehead atoms. The Bertz CT molecular complexity index is 5030. The van der Waals surface area contributed by atoms with Crippen molar-refractivity contribution in [3.05, 3.63) is 222 Å². The van der Waals surface area contributed by atoms with Crippen LogP contribution in [0.4, 0.5) is 0 Å². The number of nitrogens with zero attached hydrogens (tertiary/aromatic N) is 10. The molecule has 0 aliphatic heterocycles. The highest BCUT2D eigenvalue weighted by Gasteiger charge is 2.35. The van der Waals surface area contributed by atoms with Gasteiger partial charge in [-0.05, 0) is 115 Å². The predicted octanol–water partition coefficient (Wildman–Crippen LogP) is 14.5. The van der Waals surface area contributed by atoms with Crippen LogP contribution >= 0.6 is 0 Å². The molecule has 0 atom stereocenters. The number of pyridine rings is 1. The average molecular weight is 941 g/mol. The van der Waals surface area contributed by atoms with E-state index in [1.54, 1.807) is 12.4 Å². The van der Waals surface area contributed by atoms with Crippen molar-refractivity contribution in [2.24, 2.45) is 0 Å². The van der Waals surface area contributed by atoms with E-state index in [2.05, 4.69) is 102 Å². The Morgan fingerprint density at radius 2 is 0.595 bits per heavy atom. The van der Waals surface area contributed by atoms with E-state index < -0.39 is 0 Å². The fraction of sp³-hybridized carbons (Fsp3) is 0. The van der Waals surface area contributed by atoms with E-state index in [1.807, 2.05) is 133 Å². The highest BCUT2D eigenvalue weighted by atomic mass is 15.1. The molecule has 74 heavy (non-hydrogen) atoms. The van der Waals surface area contributed by atoms with Crippen molar-refractivity contribution in [2.75, 3.05) is 0 Å². The van der Waals surface area contributed by atoms with Crippen LogP contribution in [0, 0.1) is 56.7 Å². The van der Waals surface area contributed by atoms with Gasteiger partial charge in [-0.3, -0.25) is 4.98 Å². The summed E-state index contributed by atoms with van der Waals surface area (Å²) in [4.78, 5) is 4.55. The Labute approximate surface area is 421 Å². The summed E-state index contributed by atoms with van der Waals surface area (Å²) in [6.07, 6.45) is 3.53. The van der Waals surface area contributed by atoms with Gasteiger partial charge in [-0.1, -0.05) is 72.8 Å². The number of rotatable bonds is 5. The van der Waals surface area contributed by atoms with Gasteiger partial charge in [0.05, 0.1) is 113 Å². The van der Waals surface area contributed by atoms with Crippen LogP contribution in [0.25, 0.3) is 121 Å². The summed E-state index contributed by atoms with van der Waals surface area (Å²) >= 11 is 0. The molecule has 0 unspecified atom stereocenters. The minimum atomic E-state index is 0.335. The zero-order valence-electron chi connectivity index (χ0n) is 38.9. The van der Waals surface area contributed by atoms with E-state index in [4.69, 9.17) is 0 Å². The lowest BCUT2D eigenvalue weighted by atomic mass is 9.93. The van der Waals surface area contributed by atoms with Gasteiger partial charge in [-0.25, -0.2) is 0 Å². The Balaban J connectivity index is 1.37. The molecule has 5 heterocycles. The normalized spacial score (nSPS) is 11.4. The Morgan fingerprint density at radius 1 is 0.284 bits per heavy atom. The van der Waals surface area contributed by atoms with Crippen LogP contribution in [0.2, 0.25) is 0 Å². The largest absolute Gasteiger partial charge is 0.307 e. The molecule has 0 saturated heterocycles. The number of hydrogen-bond acceptors (Lipinski definition) is 6. The third kappa shape index (κ3) is 5.73. The highest BCUT2D eigenvalue weighted by molar-refractivity contribution is 6.17. The third-order valence-electron chi connectivity index (χ3n) is 14.6. The maximum absolute atomic E-state index is 12.6. The fourth-order valence-corrected chi connectivity index (χ4v) is 11.6. The number of para-hydroxylation sites is 4. The molecule has 10 nitrogen and oxygen atoms in total. The number of nitriles is 5. The second-order valence-electron chi connectivity index (χ2n) is 18.3. The Morgan fingerprint density at radius 3 is 0.946 bits per heavy atom. The van der Waals surface area contributed by atoms with Gasteiger partial charge in [-0.15, -0.1) is 0 Å². The minimum Gasteiger partial charge on any atom is -0.307 e. The molecule has 0 radical (unpaired) electrons. The molecule has 0 fully saturated rings. The van der Waals surface area contributed by atoms with E-state index in [9.17, 15) is 26.3 Å². The van der Waals surface area contributed by atoms with E-state index in [1.165, 1.54) is 0 Å². The van der Waals surface area contributed by atoms with Crippen molar-refractivity contribution in [1.29, 1.82) is 26.3 Å². The summed E-state index contributed by atoms with van der Waals surface area (Å²) in [5, 5.41) is 61.0. The summed E-state index contributed by atoms with van der Waals surface area (Å²) in [6.45, 7) is 0. The van der Waals surface area contributed by atoms with E-state index in [0.29, 0.717) is 56.1 Å². The smallest absolute Gasteiger partial charge is 0.104 e. The van der Waals surface area contributed by atoms with Gasteiger partial charge in [0.15, 0.2) is 0 Å². The maximum atomic E-state index is 12.6. The van der Waals surface area contributed by atoms with Crippen molar-refractivity contribution < 1.29 is 0 Å². The second kappa shape index (κ2) is 15.9. The van der Waals surface area contributed by atoms with Crippen molar-refractivity contribution in [1.82, 2.24) is 23.3 Å². The topological polar surface area (TPSA) is 152 Å². The average Bonchev–Trinajstić information content (AvgIpc) is 4.30. The molecule has 5 aromatic heterocycles. The van der Waals surface area contributed by atoms with Gasteiger partial charge in [0.25, 0.3) is 0 Å². The van der Waals surface area contributed by atoms with Crippen molar-refractivity contribution in [3.63, 3.8) is 0 Å². The quantitative estimate of drug-likeness (QED) is 0.167. The number of fused-ring (bicyclic) bond motifs is 12. The molecule has 9 aromatic carbocycles. The first-order valence-electron chi connectivity index (χ1n) is 23.8. The van der Waals surface area contributed by atoms with Crippen LogP contribution < -0.4 is 0 Å². The first-order chi connectivity index (χ1) is 36.5. The molecule has 0 N–H and O–H groups in total. The summed E-state index contributed by atoms with van der Waals surface area (Å²) in [5.74, 6) is 0. The standard InChI is InChI=1S/C64H32N10/c65-33-38-17-21-56-47(29-38)43-9-1-5-13-52(43)71(56)61-51(37-69)62(72-53-14-6-2-10-44(53)48-30-39(34-66)18-22-57(48)72)64(74-55-16-8-4-12-46(55)50-32-41(36-68)20-24-59(50)74)63(60(61)42-25-27-70-28-26-42)73-54-15-7-3-11-45(54)49-31-40(35-67)19-23-58(49)73/h1-32H. The predicted molar refractivity (Wildman–Crippen MR) is 291 cm³/mol. The lowest BCUT2D eigenvalue weighted by Crippen LogP contribution is -2.16. The summed E-state index contributed by atoms with van der Waals surface area (Å²) in [6, 6.07) is 71.8. The van der Waals surface area contributed by atoms with Crippen LogP contribution in [-0.2, 0) is 0 Å². The fourth-order valence-electron chi connectivity index (χ4n) is 11.6. The zero-order chi connectivity index (χ0) is 49.8. The minimum absolute atomic E-state index is 0.335. The van der Waals surface area contributed by atoms with Gasteiger partial charge in [-0.2, -0.15) is 26.3 Å². The molecule has 14 rings (SSSR count). The van der Waals surface area contributed by atoms with Gasteiger partial charge < -0.3 is 18.3 Å². The molecule has 0 spiro atoms. The molecular weight excluding hydrogens is 909 g/mol. The van der Waals surface area contributed by atoms with Crippen molar-refractivity contribution in [3.8, 4) is 64.2 Å². The molecule has 0 amide bonds. The van der Waals surface area contributed by atoms with Crippen LogP contribution in [0.5, 0.6) is 0 Å².